The molecule has 0 aliphatic heterocycles. The molecule has 19 heavy (non-hydrogen) atoms. The first-order valence-electron chi connectivity index (χ1n) is 6.61. The fraction of sp³-hybridized carbons (Fsp3) is 0.846. The van der Waals surface area contributed by atoms with Crippen LogP contribution in [0.3, 0.4) is 0 Å². The molecule has 0 atom stereocenters. The van der Waals surface area contributed by atoms with Crippen molar-refractivity contribution in [3.63, 3.8) is 0 Å². The van der Waals surface area contributed by atoms with Gasteiger partial charge >= 0.3 is 12.1 Å². The van der Waals surface area contributed by atoms with Crippen molar-refractivity contribution in [2.24, 2.45) is 0 Å². The van der Waals surface area contributed by atoms with Gasteiger partial charge in [-0.15, -0.1) is 0 Å². The van der Waals surface area contributed by atoms with Gasteiger partial charge in [-0.3, -0.25) is 10.0 Å². The van der Waals surface area contributed by atoms with Gasteiger partial charge in [-0.05, 0) is 40.5 Å². The summed E-state index contributed by atoms with van der Waals surface area (Å²) < 4.78 is 9.78. The van der Waals surface area contributed by atoms with Crippen molar-refractivity contribution in [1.82, 2.24) is 5.06 Å². The molecule has 0 aliphatic carbocycles. The Kier molecular flexibility index (Phi) is 8.14. The monoisotopic (exact) mass is 275 g/mol. The van der Waals surface area contributed by atoms with Crippen molar-refractivity contribution in [3.05, 3.63) is 0 Å². The molecule has 0 spiro atoms. The van der Waals surface area contributed by atoms with Gasteiger partial charge in [0.05, 0.1) is 13.2 Å². The number of carbonyl (C=O) groups excluding carboxylic acids is 2. The summed E-state index contributed by atoms with van der Waals surface area (Å²) in [6, 6.07) is 0. The number of esters is 1. The Morgan fingerprint density at radius 3 is 2.32 bits per heavy atom. The second-order valence-electron chi connectivity index (χ2n) is 5.22. The molecule has 0 aliphatic rings. The van der Waals surface area contributed by atoms with Gasteiger partial charge in [0.2, 0.25) is 0 Å². The lowest BCUT2D eigenvalue weighted by atomic mass is 10.2. The van der Waals surface area contributed by atoms with Crippen molar-refractivity contribution in [2.45, 2.75) is 59.0 Å². The normalized spacial score (nSPS) is 11.0. The molecule has 0 unspecified atom stereocenters. The van der Waals surface area contributed by atoms with Crippen LogP contribution in [0.4, 0.5) is 4.79 Å². The molecule has 0 aromatic heterocycles. The lowest BCUT2D eigenvalue weighted by Crippen LogP contribution is -2.35. The molecule has 0 aromatic rings. The smallest absolute Gasteiger partial charge is 0.434 e. The second kappa shape index (κ2) is 8.74. The third kappa shape index (κ3) is 10.3. The van der Waals surface area contributed by atoms with E-state index in [1.807, 2.05) is 0 Å². The van der Waals surface area contributed by atoms with E-state index in [0.717, 1.165) is 6.42 Å². The van der Waals surface area contributed by atoms with E-state index in [1.165, 1.54) is 0 Å². The lowest BCUT2D eigenvalue weighted by Gasteiger charge is -2.23. The summed E-state index contributed by atoms with van der Waals surface area (Å²) in [7, 11) is 0. The fourth-order valence-corrected chi connectivity index (χ4v) is 1.35. The summed E-state index contributed by atoms with van der Waals surface area (Å²) in [4.78, 5) is 22.4. The molecular weight excluding hydrogens is 250 g/mol. The number of rotatable bonds is 7. The van der Waals surface area contributed by atoms with Crippen molar-refractivity contribution < 1.29 is 24.3 Å². The molecule has 0 radical (unpaired) electrons. The standard InChI is InChI=1S/C13H25NO5/c1-5-18-11(15)9-7-6-8-10-14(17)12(16)19-13(2,3)4/h17H,5-10H2,1-4H3. The van der Waals surface area contributed by atoms with Crippen LogP contribution in [0, 0.1) is 0 Å². The first-order valence-corrected chi connectivity index (χ1v) is 6.61. The highest BCUT2D eigenvalue weighted by Crippen LogP contribution is 2.10. The maximum absolute atomic E-state index is 11.4. The SMILES string of the molecule is CCOC(=O)CCCCCN(O)C(=O)OC(C)(C)C. The molecule has 0 saturated heterocycles. The van der Waals surface area contributed by atoms with Crippen molar-refractivity contribution in [2.75, 3.05) is 13.2 Å². The minimum absolute atomic E-state index is 0.192. The molecular formula is C13H25NO5. The van der Waals surface area contributed by atoms with Gasteiger partial charge in [0, 0.05) is 6.42 Å². The van der Waals surface area contributed by atoms with Crippen LogP contribution in [0.1, 0.15) is 53.4 Å². The summed E-state index contributed by atoms with van der Waals surface area (Å²) in [5, 5.41) is 10.0. The summed E-state index contributed by atoms with van der Waals surface area (Å²) in [6.45, 7) is 7.55. The van der Waals surface area contributed by atoms with E-state index in [0.29, 0.717) is 30.9 Å². The van der Waals surface area contributed by atoms with Crippen molar-refractivity contribution in [1.29, 1.82) is 0 Å². The first kappa shape index (κ1) is 17.7. The first-order chi connectivity index (χ1) is 8.76. The zero-order valence-electron chi connectivity index (χ0n) is 12.3. The third-order valence-electron chi connectivity index (χ3n) is 2.16. The summed E-state index contributed by atoms with van der Waals surface area (Å²) in [5.74, 6) is -0.213. The number of hydrogen-bond acceptors (Lipinski definition) is 5. The molecule has 0 saturated carbocycles. The Balaban J connectivity index is 3.66. The van der Waals surface area contributed by atoms with E-state index in [2.05, 4.69) is 0 Å². The summed E-state index contributed by atoms with van der Waals surface area (Å²) in [5.41, 5.74) is -0.623. The minimum atomic E-state index is -0.752. The lowest BCUT2D eigenvalue weighted by molar-refractivity contribution is -0.143. The maximum atomic E-state index is 11.4. The largest absolute Gasteiger partial charge is 0.466 e. The third-order valence-corrected chi connectivity index (χ3v) is 2.16. The highest BCUT2D eigenvalue weighted by molar-refractivity contribution is 5.69. The Labute approximate surface area is 114 Å². The Bertz CT molecular complexity index is 285. The molecule has 1 N–H and O–H groups in total. The molecule has 1 amide bonds. The maximum Gasteiger partial charge on any atom is 0.434 e. The average Bonchev–Trinajstić information content (AvgIpc) is 2.26. The van der Waals surface area contributed by atoms with Crippen LogP contribution in [-0.2, 0) is 14.3 Å². The van der Waals surface area contributed by atoms with E-state index in [1.54, 1.807) is 27.7 Å². The molecule has 112 valence electrons. The van der Waals surface area contributed by atoms with Gasteiger partial charge in [-0.2, -0.15) is 5.06 Å². The molecule has 6 nitrogen and oxygen atoms in total. The fourth-order valence-electron chi connectivity index (χ4n) is 1.35. The molecule has 0 aromatic carbocycles. The van der Waals surface area contributed by atoms with Gasteiger partial charge in [0.25, 0.3) is 0 Å². The van der Waals surface area contributed by atoms with Crippen LogP contribution in [0.25, 0.3) is 0 Å². The molecule has 0 heterocycles. The predicted octanol–water partition coefficient (Wildman–Crippen LogP) is 2.74. The molecule has 0 rings (SSSR count). The van der Waals surface area contributed by atoms with Crippen LogP contribution >= 0.6 is 0 Å². The highest BCUT2D eigenvalue weighted by Gasteiger charge is 2.20. The zero-order chi connectivity index (χ0) is 14.9. The van der Waals surface area contributed by atoms with Crippen LogP contribution in [0.5, 0.6) is 0 Å². The van der Waals surface area contributed by atoms with Crippen LogP contribution in [0.2, 0.25) is 0 Å². The second-order valence-corrected chi connectivity index (χ2v) is 5.22. The summed E-state index contributed by atoms with van der Waals surface area (Å²) >= 11 is 0. The number of nitrogens with zero attached hydrogens (tertiary/aromatic N) is 1. The van der Waals surface area contributed by atoms with Gasteiger partial charge in [-0.1, -0.05) is 6.42 Å². The zero-order valence-corrected chi connectivity index (χ0v) is 12.3. The molecule has 6 heteroatoms. The number of amides is 1. The summed E-state index contributed by atoms with van der Waals surface area (Å²) in [6.07, 6.45) is 1.64. The number of hydrogen-bond donors (Lipinski definition) is 1. The Hall–Kier alpha value is -1.30. The van der Waals surface area contributed by atoms with E-state index in [9.17, 15) is 14.8 Å². The quantitative estimate of drug-likeness (QED) is 0.334. The average molecular weight is 275 g/mol. The number of ether oxygens (including phenoxy) is 2. The van der Waals surface area contributed by atoms with Gasteiger partial charge in [-0.25, -0.2) is 4.79 Å². The van der Waals surface area contributed by atoms with Crippen LogP contribution in [-0.4, -0.2) is 41.1 Å². The molecule has 0 fully saturated rings. The number of carbonyl (C=O) groups is 2. The Morgan fingerprint density at radius 2 is 1.79 bits per heavy atom. The number of unbranched alkanes of at least 4 members (excludes halogenated alkanes) is 2. The van der Waals surface area contributed by atoms with Crippen LogP contribution in [0.15, 0.2) is 0 Å². The Morgan fingerprint density at radius 1 is 1.16 bits per heavy atom. The van der Waals surface area contributed by atoms with E-state index in [-0.39, 0.29) is 12.5 Å². The predicted molar refractivity (Wildman–Crippen MR) is 69.8 cm³/mol. The van der Waals surface area contributed by atoms with E-state index in [4.69, 9.17) is 9.47 Å². The minimum Gasteiger partial charge on any atom is -0.466 e. The van der Waals surface area contributed by atoms with E-state index >= 15 is 0 Å². The topological polar surface area (TPSA) is 76.1 Å². The molecule has 0 bridgehead atoms. The van der Waals surface area contributed by atoms with Gasteiger partial charge in [0.1, 0.15) is 5.60 Å². The van der Waals surface area contributed by atoms with Gasteiger partial charge < -0.3 is 9.47 Å². The number of hydroxylamine groups is 2. The van der Waals surface area contributed by atoms with Gasteiger partial charge in [0.15, 0.2) is 0 Å². The highest BCUT2D eigenvalue weighted by atomic mass is 16.6. The van der Waals surface area contributed by atoms with Crippen molar-refractivity contribution >= 4 is 12.1 Å². The van der Waals surface area contributed by atoms with Crippen molar-refractivity contribution in [3.8, 4) is 0 Å². The van der Waals surface area contributed by atoms with Crippen LogP contribution < -0.4 is 0 Å². The van der Waals surface area contributed by atoms with E-state index < -0.39 is 11.7 Å².